The van der Waals surface area contributed by atoms with Gasteiger partial charge in [0.1, 0.15) is 5.69 Å². The van der Waals surface area contributed by atoms with Crippen LogP contribution in [-0.2, 0) is 18.6 Å². The number of halogens is 2. The van der Waals surface area contributed by atoms with E-state index in [0.29, 0.717) is 30.0 Å². The van der Waals surface area contributed by atoms with Crippen LogP contribution in [0.5, 0.6) is 0 Å². The van der Waals surface area contributed by atoms with Gasteiger partial charge < -0.3 is 16.0 Å². The zero-order valence-corrected chi connectivity index (χ0v) is 18.6. The first kappa shape index (κ1) is 22.0. The van der Waals surface area contributed by atoms with Crippen molar-refractivity contribution in [3.8, 4) is 11.3 Å². The number of nitrogens with two attached hydrogens (primary N) is 1. The summed E-state index contributed by atoms with van der Waals surface area (Å²) in [5.74, 6) is -3.49. The summed E-state index contributed by atoms with van der Waals surface area (Å²) in [5.41, 5.74) is 8.10. The summed E-state index contributed by atoms with van der Waals surface area (Å²) >= 11 is 0. The molecule has 3 heterocycles. The predicted molar refractivity (Wildman–Crippen MR) is 120 cm³/mol. The molecule has 0 unspecified atom stereocenters. The monoisotopic (exact) mass is 466 g/mol. The van der Waals surface area contributed by atoms with E-state index in [-0.39, 0.29) is 12.1 Å². The summed E-state index contributed by atoms with van der Waals surface area (Å²) in [7, 11) is 0. The zero-order chi connectivity index (χ0) is 24.1. The standard InChI is InChI=1S/C24H24F2N6O2/c1-15-4-2-5-16(10-15)20-19(21(27)33)18-12-31(8-9-32(18)30-20)22(34)29-23(13-24(25,26)14-23)17-6-3-7-28-11-17/h2-7,10-11H,8-9,12-14H2,1H3,(H2,27,33)(H,29,34). The Morgan fingerprint density at radius 3 is 2.59 bits per heavy atom. The number of primary amides is 1. The maximum atomic E-state index is 13.9. The van der Waals surface area contributed by atoms with Gasteiger partial charge in [0.25, 0.3) is 11.8 Å². The number of nitrogens with zero attached hydrogens (tertiary/aromatic N) is 4. The van der Waals surface area contributed by atoms with Crippen molar-refractivity contribution >= 4 is 11.9 Å². The summed E-state index contributed by atoms with van der Waals surface area (Å²) in [6.07, 6.45) is 2.07. The van der Waals surface area contributed by atoms with Gasteiger partial charge in [0.2, 0.25) is 0 Å². The first-order valence-corrected chi connectivity index (χ1v) is 11.0. The zero-order valence-electron chi connectivity index (χ0n) is 18.6. The van der Waals surface area contributed by atoms with Crippen molar-refractivity contribution in [2.45, 2.75) is 44.3 Å². The van der Waals surface area contributed by atoms with Crippen molar-refractivity contribution in [2.75, 3.05) is 6.54 Å². The van der Waals surface area contributed by atoms with Crippen molar-refractivity contribution in [3.63, 3.8) is 0 Å². The first-order chi connectivity index (χ1) is 16.2. The van der Waals surface area contributed by atoms with E-state index in [0.717, 1.165) is 11.1 Å². The molecule has 3 aromatic rings. The highest BCUT2D eigenvalue weighted by Gasteiger charge is 2.58. The van der Waals surface area contributed by atoms with Crippen molar-refractivity contribution in [1.29, 1.82) is 0 Å². The molecule has 1 saturated carbocycles. The van der Waals surface area contributed by atoms with Crippen LogP contribution in [0.15, 0.2) is 48.8 Å². The minimum absolute atomic E-state index is 0.0857. The van der Waals surface area contributed by atoms with E-state index < -0.39 is 36.2 Å². The number of urea groups is 1. The Labute approximate surface area is 194 Å². The molecule has 1 fully saturated rings. The number of hydrogen-bond acceptors (Lipinski definition) is 4. The third-order valence-corrected chi connectivity index (χ3v) is 6.49. The van der Waals surface area contributed by atoms with Crippen LogP contribution in [-0.4, -0.2) is 44.1 Å². The van der Waals surface area contributed by atoms with Crippen molar-refractivity contribution < 1.29 is 18.4 Å². The van der Waals surface area contributed by atoms with Crippen LogP contribution in [0.1, 0.15) is 40.0 Å². The lowest BCUT2D eigenvalue weighted by atomic mass is 9.69. The number of fused-ring (bicyclic) bond motifs is 1. The van der Waals surface area contributed by atoms with Gasteiger partial charge in [-0.25, -0.2) is 13.6 Å². The second kappa shape index (κ2) is 7.89. The van der Waals surface area contributed by atoms with E-state index in [1.807, 2.05) is 31.2 Å². The number of carbonyl (C=O) groups excluding carboxylic acids is 2. The smallest absolute Gasteiger partial charge is 0.318 e. The number of rotatable bonds is 4. The number of nitrogens with one attached hydrogen (secondary N) is 1. The number of pyridine rings is 1. The van der Waals surface area contributed by atoms with Gasteiger partial charge >= 0.3 is 6.03 Å². The molecule has 3 amide bonds. The van der Waals surface area contributed by atoms with Crippen molar-refractivity contribution in [1.82, 2.24) is 25.0 Å². The molecule has 176 valence electrons. The average Bonchev–Trinajstić information content (AvgIpc) is 3.17. The maximum Gasteiger partial charge on any atom is 0.318 e. The Kier molecular flexibility index (Phi) is 5.11. The van der Waals surface area contributed by atoms with E-state index in [9.17, 15) is 18.4 Å². The van der Waals surface area contributed by atoms with Gasteiger partial charge in [-0.2, -0.15) is 5.10 Å². The molecule has 1 aliphatic heterocycles. The number of benzene rings is 1. The summed E-state index contributed by atoms with van der Waals surface area (Å²) < 4.78 is 29.5. The quantitative estimate of drug-likeness (QED) is 0.616. The molecule has 2 aliphatic rings. The van der Waals surface area contributed by atoms with Gasteiger partial charge in [-0.15, -0.1) is 0 Å². The van der Waals surface area contributed by atoms with Crippen LogP contribution in [0.3, 0.4) is 0 Å². The van der Waals surface area contributed by atoms with Crippen LogP contribution in [0.2, 0.25) is 0 Å². The van der Waals surface area contributed by atoms with E-state index in [1.165, 1.54) is 11.1 Å². The van der Waals surface area contributed by atoms with Gasteiger partial charge in [-0.05, 0) is 24.6 Å². The number of aryl methyl sites for hydroxylation is 1. The maximum absolute atomic E-state index is 13.9. The first-order valence-electron chi connectivity index (χ1n) is 11.0. The highest BCUT2D eigenvalue weighted by Crippen LogP contribution is 2.51. The molecule has 34 heavy (non-hydrogen) atoms. The van der Waals surface area contributed by atoms with E-state index in [1.54, 1.807) is 23.0 Å². The molecule has 0 spiro atoms. The summed E-state index contributed by atoms with van der Waals surface area (Å²) in [6.45, 7) is 2.69. The molecule has 0 radical (unpaired) electrons. The normalized spacial score (nSPS) is 18.0. The van der Waals surface area contributed by atoms with Crippen LogP contribution in [0.25, 0.3) is 11.3 Å². The Morgan fingerprint density at radius 1 is 1.15 bits per heavy atom. The van der Waals surface area contributed by atoms with E-state index >= 15 is 0 Å². The topological polar surface area (TPSA) is 106 Å². The van der Waals surface area contributed by atoms with Gasteiger partial charge in [-0.1, -0.05) is 29.8 Å². The highest BCUT2D eigenvalue weighted by molar-refractivity contribution is 6.00. The summed E-state index contributed by atoms with van der Waals surface area (Å²) in [6, 6.07) is 10.4. The third-order valence-electron chi connectivity index (χ3n) is 6.49. The number of alkyl halides is 2. The fourth-order valence-corrected chi connectivity index (χ4v) is 4.87. The van der Waals surface area contributed by atoms with Gasteiger partial charge in [0.15, 0.2) is 0 Å². The molecule has 1 aromatic carbocycles. The molecule has 10 heteroatoms. The van der Waals surface area contributed by atoms with E-state index in [4.69, 9.17) is 5.73 Å². The molecule has 0 atom stereocenters. The van der Waals surface area contributed by atoms with Gasteiger partial charge in [0.05, 0.1) is 29.9 Å². The molecular formula is C24H24F2N6O2. The third kappa shape index (κ3) is 3.78. The molecule has 0 bridgehead atoms. The molecule has 1 aliphatic carbocycles. The van der Waals surface area contributed by atoms with Crippen LogP contribution in [0, 0.1) is 6.92 Å². The minimum atomic E-state index is -2.86. The lowest BCUT2D eigenvalue weighted by molar-refractivity contribution is -0.134. The number of carbonyl (C=O) groups is 2. The molecule has 0 saturated heterocycles. The molecule has 5 rings (SSSR count). The molecule has 8 nitrogen and oxygen atoms in total. The average molecular weight is 466 g/mol. The molecule has 3 N–H and O–H groups in total. The Bertz CT molecular complexity index is 1270. The Balaban J connectivity index is 1.42. The van der Waals surface area contributed by atoms with Crippen molar-refractivity contribution in [2.24, 2.45) is 5.73 Å². The number of aromatic nitrogens is 3. The summed E-state index contributed by atoms with van der Waals surface area (Å²) in [4.78, 5) is 31.1. The SMILES string of the molecule is Cc1cccc(-c2nn3c(c2C(N)=O)CN(C(=O)NC2(c4cccnc4)CC(F)(F)C2)CC3)c1. The lowest BCUT2D eigenvalue weighted by Crippen LogP contribution is -2.62. The second-order valence-corrected chi connectivity index (χ2v) is 9.01. The van der Waals surface area contributed by atoms with Crippen LogP contribution >= 0.6 is 0 Å². The lowest BCUT2D eigenvalue weighted by Gasteiger charge is -2.48. The fraction of sp³-hybridized carbons (Fsp3) is 0.333. The van der Waals surface area contributed by atoms with Gasteiger partial charge in [-0.3, -0.25) is 14.5 Å². The molecule has 2 aromatic heterocycles. The Morgan fingerprint density at radius 2 is 1.94 bits per heavy atom. The predicted octanol–water partition coefficient (Wildman–Crippen LogP) is 3.20. The van der Waals surface area contributed by atoms with Crippen LogP contribution in [0.4, 0.5) is 13.6 Å². The largest absolute Gasteiger partial charge is 0.365 e. The van der Waals surface area contributed by atoms with E-state index in [2.05, 4.69) is 15.4 Å². The van der Waals surface area contributed by atoms with Crippen molar-refractivity contribution in [3.05, 3.63) is 71.2 Å². The summed E-state index contributed by atoms with van der Waals surface area (Å²) in [5, 5.41) is 7.41. The fourth-order valence-electron chi connectivity index (χ4n) is 4.87. The Hall–Kier alpha value is -3.82. The number of amides is 3. The second-order valence-electron chi connectivity index (χ2n) is 9.01. The molecular weight excluding hydrogens is 442 g/mol. The highest BCUT2D eigenvalue weighted by atomic mass is 19.3. The van der Waals surface area contributed by atoms with Gasteiger partial charge in [0, 0.05) is 37.3 Å². The van der Waals surface area contributed by atoms with Crippen LogP contribution < -0.4 is 11.1 Å². The minimum Gasteiger partial charge on any atom is -0.365 e. The number of hydrogen-bond donors (Lipinski definition) is 2.